The topological polar surface area (TPSA) is 84.6 Å². The van der Waals surface area contributed by atoms with E-state index in [1.54, 1.807) is 13.0 Å². The predicted molar refractivity (Wildman–Crippen MR) is 83.8 cm³/mol. The molecule has 0 aliphatic rings. The molecule has 0 saturated carbocycles. The number of para-hydroxylation sites is 1. The SMILES string of the molecule is C/C(Cc1ccccc1)=N\NC(=O)c1ccccc1[N+](=O)[O-]. The number of nitro groups is 1. The average Bonchev–Trinajstić information content (AvgIpc) is 2.53. The van der Waals surface area contributed by atoms with Crippen LogP contribution in [0, 0.1) is 10.1 Å². The van der Waals surface area contributed by atoms with Gasteiger partial charge in [-0.2, -0.15) is 5.10 Å². The lowest BCUT2D eigenvalue weighted by molar-refractivity contribution is -0.385. The molecule has 1 amide bonds. The molecule has 2 aromatic rings. The second kappa shape index (κ2) is 7.12. The van der Waals surface area contributed by atoms with Crippen molar-refractivity contribution in [1.82, 2.24) is 5.43 Å². The van der Waals surface area contributed by atoms with E-state index in [4.69, 9.17) is 0 Å². The van der Waals surface area contributed by atoms with Crippen LogP contribution in [0.4, 0.5) is 5.69 Å². The minimum atomic E-state index is -0.597. The van der Waals surface area contributed by atoms with Crippen molar-refractivity contribution in [2.75, 3.05) is 0 Å². The van der Waals surface area contributed by atoms with E-state index in [9.17, 15) is 14.9 Å². The summed E-state index contributed by atoms with van der Waals surface area (Å²) in [6.45, 7) is 1.78. The highest BCUT2D eigenvalue weighted by Crippen LogP contribution is 2.17. The first-order chi connectivity index (χ1) is 10.6. The van der Waals surface area contributed by atoms with Crippen molar-refractivity contribution >= 4 is 17.3 Å². The molecule has 2 rings (SSSR count). The predicted octanol–water partition coefficient (Wildman–Crippen LogP) is 2.94. The highest BCUT2D eigenvalue weighted by Gasteiger charge is 2.18. The van der Waals surface area contributed by atoms with Gasteiger partial charge in [0.05, 0.1) is 4.92 Å². The molecule has 0 spiro atoms. The van der Waals surface area contributed by atoms with Crippen molar-refractivity contribution in [3.8, 4) is 0 Å². The zero-order valence-corrected chi connectivity index (χ0v) is 12.0. The van der Waals surface area contributed by atoms with E-state index in [0.29, 0.717) is 12.1 Å². The maximum atomic E-state index is 12.0. The van der Waals surface area contributed by atoms with Gasteiger partial charge in [-0.15, -0.1) is 0 Å². The molecule has 0 fully saturated rings. The zero-order chi connectivity index (χ0) is 15.9. The molecular weight excluding hydrogens is 282 g/mol. The summed E-state index contributed by atoms with van der Waals surface area (Å²) < 4.78 is 0. The number of nitro benzene ring substituents is 1. The van der Waals surface area contributed by atoms with Crippen LogP contribution < -0.4 is 5.43 Å². The molecule has 0 aliphatic carbocycles. The maximum Gasteiger partial charge on any atom is 0.282 e. The molecule has 6 nitrogen and oxygen atoms in total. The fourth-order valence-corrected chi connectivity index (χ4v) is 1.96. The van der Waals surface area contributed by atoms with Gasteiger partial charge in [-0.05, 0) is 18.6 Å². The van der Waals surface area contributed by atoms with E-state index in [-0.39, 0.29) is 11.3 Å². The summed E-state index contributed by atoms with van der Waals surface area (Å²) in [4.78, 5) is 22.3. The number of rotatable bonds is 5. The molecule has 0 bridgehead atoms. The molecular formula is C16H15N3O3. The van der Waals surface area contributed by atoms with Gasteiger partial charge in [-0.25, -0.2) is 5.43 Å². The van der Waals surface area contributed by atoms with Crippen LogP contribution in [0.5, 0.6) is 0 Å². The molecule has 0 aromatic heterocycles. The van der Waals surface area contributed by atoms with Crippen molar-refractivity contribution in [2.24, 2.45) is 5.10 Å². The first-order valence-corrected chi connectivity index (χ1v) is 6.69. The molecule has 0 aliphatic heterocycles. The molecule has 0 atom stereocenters. The Balaban J connectivity index is 2.06. The van der Waals surface area contributed by atoms with Crippen LogP contribution in [0.3, 0.4) is 0 Å². The van der Waals surface area contributed by atoms with Gasteiger partial charge in [0, 0.05) is 18.2 Å². The quantitative estimate of drug-likeness (QED) is 0.523. The summed E-state index contributed by atoms with van der Waals surface area (Å²) in [6.07, 6.45) is 0.595. The van der Waals surface area contributed by atoms with Crippen molar-refractivity contribution < 1.29 is 9.72 Å². The van der Waals surface area contributed by atoms with E-state index < -0.39 is 10.8 Å². The van der Waals surface area contributed by atoms with E-state index in [1.807, 2.05) is 30.3 Å². The standard InChI is InChI=1S/C16H15N3O3/c1-12(11-13-7-3-2-4-8-13)17-18-16(20)14-9-5-6-10-15(14)19(21)22/h2-10H,11H2,1H3,(H,18,20)/b17-12+. The smallest absolute Gasteiger partial charge is 0.267 e. The van der Waals surface area contributed by atoms with Crippen LogP contribution in [-0.2, 0) is 6.42 Å². The lowest BCUT2D eigenvalue weighted by Gasteiger charge is -2.04. The zero-order valence-electron chi connectivity index (χ0n) is 12.0. The van der Waals surface area contributed by atoms with E-state index in [2.05, 4.69) is 10.5 Å². The summed E-state index contributed by atoms with van der Waals surface area (Å²) in [7, 11) is 0. The minimum Gasteiger partial charge on any atom is -0.267 e. The Kier molecular flexibility index (Phi) is 4.98. The van der Waals surface area contributed by atoms with Gasteiger partial charge in [-0.3, -0.25) is 14.9 Å². The number of nitrogens with zero attached hydrogens (tertiary/aromatic N) is 2. The molecule has 1 N–H and O–H groups in total. The highest BCUT2D eigenvalue weighted by atomic mass is 16.6. The number of carbonyl (C=O) groups is 1. The van der Waals surface area contributed by atoms with Gasteiger partial charge in [0.15, 0.2) is 0 Å². The van der Waals surface area contributed by atoms with Crippen LogP contribution in [0.15, 0.2) is 59.7 Å². The molecule has 0 radical (unpaired) electrons. The van der Waals surface area contributed by atoms with Crippen LogP contribution in [0.1, 0.15) is 22.8 Å². The molecule has 0 unspecified atom stereocenters. The summed E-state index contributed by atoms with van der Waals surface area (Å²) in [5.41, 5.74) is 3.89. The maximum absolute atomic E-state index is 12.0. The van der Waals surface area contributed by atoms with E-state index >= 15 is 0 Å². The van der Waals surface area contributed by atoms with Gasteiger partial charge in [0.2, 0.25) is 0 Å². The Morgan fingerprint density at radius 1 is 1.14 bits per heavy atom. The van der Waals surface area contributed by atoms with Crippen LogP contribution >= 0.6 is 0 Å². The largest absolute Gasteiger partial charge is 0.282 e. The number of benzene rings is 2. The first-order valence-electron chi connectivity index (χ1n) is 6.69. The number of amides is 1. The Morgan fingerprint density at radius 2 is 1.77 bits per heavy atom. The van der Waals surface area contributed by atoms with Gasteiger partial charge < -0.3 is 0 Å². The molecule has 6 heteroatoms. The monoisotopic (exact) mass is 297 g/mol. The number of hydrazone groups is 1. The molecule has 0 heterocycles. The van der Waals surface area contributed by atoms with E-state index in [0.717, 1.165) is 5.56 Å². The van der Waals surface area contributed by atoms with Gasteiger partial charge in [-0.1, -0.05) is 42.5 Å². The summed E-state index contributed by atoms with van der Waals surface area (Å²) >= 11 is 0. The molecule has 112 valence electrons. The van der Waals surface area contributed by atoms with Crippen molar-refractivity contribution in [1.29, 1.82) is 0 Å². The van der Waals surface area contributed by atoms with Gasteiger partial charge in [0.25, 0.3) is 11.6 Å². The van der Waals surface area contributed by atoms with Crippen LogP contribution in [-0.4, -0.2) is 16.5 Å². The average molecular weight is 297 g/mol. The third kappa shape index (κ3) is 3.99. The second-order valence-electron chi connectivity index (χ2n) is 4.72. The second-order valence-corrected chi connectivity index (χ2v) is 4.72. The Labute approximate surface area is 127 Å². The Hall–Kier alpha value is -3.02. The van der Waals surface area contributed by atoms with Crippen LogP contribution in [0.2, 0.25) is 0 Å². The minimum absolute atomic E-state index is 0.0104. The fourth-order valence-electron chi connectivity index (χ4n) is 1.96. The third-order valence-corrected chi connectivity index (χ3v) is 3.00. The van der Waals surface area contributed by atoms with Gasteiger partial charge >= 0.3 is 0 Å². The Morgan fingerprint density at radius 3 is 2.45 bits per heavy atom. The highest BCUT2D eigenvalue weighted by molar-refractivity contribution is 5.98. The lowest BCUT2D eigenvalue weighted by Crippen LogP contribution is -2.20. The summed E-state index contributed by atoms with van der Waals surface area (Å²) in [5.74, 6) is -0.597. The Bertz CT molecular complexity index is 712. The first kappa shape index (κ1) is 15.4. The summed E-state index contributed by atoms with van der Waals surface area (Å²) in [6, 6.07) is 15.5. The van der Waals surface area contributed by atoms with Crippen molar-refractivity contribution in [2.45, 2.75) is 13.3 Å². The number of hydrogen-bond donors (Lipinski definition) is 1. The summed E-state index contributed by atoms with van der Waals surface area (Å²) in [5, 5.41) is 14.9. The lowest BCUT2D eigenvalue weighted by atomic mass is 10.1. The third-order valence-electron chi connectivity index (χ3n) is 3.00. The van der Waals surface area contributed by atoms with Crippen LogP contribution in [0.25, 0.3) is 0 Å². The van der Waals surface area contributed by atoms with Crippen molar-refractivity contribution in [3.63, 3.8) is 0 Å². The van der Waals surface area contributed by atoms with Crippen molar-refractivity contribution in [3.05, 3.63) is 75.8 Å². The molecule has 22 heavy (non-hydrogen) atoms. The number of hydrogen-bond acceptors (Lipinski definition) is 4. The van der Waals surface area contributed by atoms with Gasteiger partial charge in [0.1, 0.15) is 5.56 Å². The van der Waals surface area contributed by atoms with E-state index in [1.165, 1.54) is 18.2 Å². The molecule has 0 saturated heterocycles. The number of carbonyl (C=O) groups excluding carboxylic acids is 1. The molecule has 2 aromatic carbocycles. The number of nitrogens with one attached hydrogen (secondary N) is 1. The fraction of sp³-hybridized carbons (Fsp3) is 0.125. The normalized spacial score (nSPS) is 11.0.